The Hall–Kier alpha value is -1.53. The van der Waals surface area contributed by atoms with E-state index in [1.54, 1.807) is 0 Å². The van der Waals surface area contributed by atoms with Gasteiger partial charge in [0.15, 0.2) is 0 Å². The summed E-state index contributed by atoms with van der Waals surface area (Å²) in [6, 6.07) is 10.5. The molecule has 0 radical (unpaired) electrons. The summed E-state index contributed by atoms with van der Waals surface area (Å²) in [6.07, 6.45) is 2.19. The van der Waals surface area contributed by atoms with Gasteiger partial charge in [0.25, 0.3) is 0 Å². The summed E-state index contributed by atoms with van der Waals surface area (Å²) in [6.45, 7) is 3.22. The molecule has 3 rings (SSSR count). The van der Waals surface area contributed by atoms with E-state index in [1.165, 1.54) is 11.8 Å². The molecule has 130 valence electrons. The van der Waals surface area contributed by atoms with Crippen molar-refractivity contribution in [2.45, 2.75) is 25.4 Å². The van der Waals surface area contributed by atoms with Crippen LogP contribution in [0.4, 0.5) is 0 Å². The lowest BCUT2D eigenvalue weighted by Crippen LogP contribution is -2.42. The first-order valence-corrected chi connectivity index (χ1v) is 9.66. The number of carbonyl (C=O) groups is 2. The number of thioether (sulfide) groups is 1. The van der Waals surface area contributed by atoms with Crippen LogP contribution in [0, 0.1) is 0 Å². The summed E-state index contributed by atoms with van der Waals surface area (Å²) in [5, 5.41) is 0. The zero-order valence-corrected chi connectivity index (χ0v) is 14.7. The molecule has 0 bridgehead atoms. The maximum atomic E-state index is 12.5. The molecule has 0 unspecified atom stereocenters. The second-order valence-corrected chi connectivity index (χ2v) is 7.21. The molecule has 6 heteroatoms. The molecule has 0 spiro atoms. The molecule has 24 heavy (non-hydrogen) atoms. The molecule has 2 fully saturated rings. The summed E-state index contributed by atoms with van der Waals surface area (Å²) in [4.78, 5) is 28.5. The maximum absolute atomic E-state index is 12.5. The van der Waals surface area contributed by atoms with Crippen LogP contribution in [0.2, 0.25) is 0 Å². The van der Waals surface area contributed by atoms with Crippen molar-refractivity contribution < 1.29 is 14.3 Å². The minimum atomic E-state index is 0.108. The average Bonchev–Trinajstić information content (AvgIpc) is 3.46. The van der Waals surface area contributed by atoms with Crippen LogP contribution in [0.15, 0.2) is 30.3 Å². The van der Waals surface area contributed by atoms with Crippen molar-refractivity contribution in [3.05, 3.63) is 35.9 Å². The highest BCUT2D eigenvalue weighted by Crippen LogP contribution is 2.29. The van der Waals surface area contributed by atoms with Crippen LogP contribution in [0.3, 0.4) is 0 Å². The van der Waals surface area contributed by atoms with Gasteiger partial charge in [-0.2, -0.15) is 0 Å². The zero-order valence-electron chi connectivity index (χ0n) is 13.9. The minimum absolute atomic E-state index is 0.108. The van der Waals surface area contributed by atoms with Gasteiger partial charge < -0.3 is 14.5 Å². The largest absolute Gasteiger partial charge is 0.378 e. The van der Waals surface area contributed by atoms with Crippen molar-refractivity contribution in [2.24, 2.45) is 0 Å². The molecule has 1 aliphatic carbocycles. The summed E-state index contributed by atoms with van der Waals surface area (Å²) in [5.41, 5.74) is 1.16. The minimum Gasteiger partial charge on any atom is -0.378 e. The number of rotatable bonds is 7. The number of morpholine rings is 1. The van der Waals surface area contributed by atoms with Gasteiger partial charge in [0, 0.05) is 25.7 Å². The molecular formula is C18H24N2O3S. The Kier molecular flexibility index (Phi) is 6.15. The van der Waals surface area contributed by atoms with Gasteiger partial charge in [0.1, 0.15) is 0 Å². The lowest BCUT2D eigenvalue weighted by atomic mass is 10.2. The van der Waals surface area contributed by atoms with Crippen LogP contribution in [-0.2, 0) is 20.9 Å². The molecule has 0 atom stereocenters. The van der Waals surface area contributed by atoms with Crippen LogP contribution in [0.25, 0.3) is 0 Å². The molecule has 0 N–H and O–H groups in total. The summed E-state index contributed by atoms with van der Waals surface area (Å²) < 4.78 is 5.25. The Balaban J connectivity index is 1.44. The fourth-order valence-corrected chi connectivity index (χ4v) is 3.60. The number of hydrogen-bond acceptors (Lipinski definition) is 4. The Morgan fingerprint density at radius 1 is 1.12 bits per heavy atom. The smallest absolute Gasteiger partial charge is 0.233 e. The van der Waals surface area contributed by atoms with Gasteiger partial charge in [-0.05, 0) is 18.4 Å². The number of ether oxygens (including phenoxy) is 1. The predicted octanol–water partition coefficient (Wildman–Crippen LogP) is 1.77. The standard InChI is InChI=1S/C18H24N2O3S/c21-17(19-8-10-23-11-9-19)13-24-14-18(22)20(16-6-7-16)12-15-4-2-1-3-5-15/h1-5,16H,6-14H2. The van der Waals surface area contributed by atoms with Gasteiger partial charge in [0.2, 0.25) is 11.8 Å². The molecule has 2 aliphatic rings. The molecule has 1 aromatic rings. The first kappa shape index (κ1) is 17.3. The molecule has 2 amide bonds. The number of hydrogen-bond donors (Lipinski definition) is 0. The first-order chi connectivity index (χ1) is 11.7. The molecule has 1 saturated heterocycles. The second-order valence-electron chi connectivity index (χ2n) is 6.22. The van der Waals surface area contributed by atoms with E-state index in [9.17, 15) is 9.59 Å². The van der Waals surface area contributed by atoms with Crippen molar-refractivity contribution >= 4 is 23.6 Å². The molecular weight excluding hydrogens is 324 g/mol. The Labute approximate surface area is 147 Å². The van der Waals surface area contributed by atoms with E-state index in [0.29, 0.717) is 50.4 Å². The Bertz CT molecular complexity index is 557. The Morgan fingerprint density at radius 2 is 1.83 bits per heavy atom. The van der Waals surface area contributed by atoms with Crippen molar-refractivity contribution in [3.63, 3.8) is 0 Å². The average molecular weight is 348 g/mol. The number of benzene rings is 1. The number of carbonyl (C=O) groups excluding carboxylic acids is 2. The number of amides is 2. The molecule has 1 aliphatic heterocycles. The summed E-state index contributed by atoms with van der Waals surface area (Å²) >= 11 is 1.42. The van der Waals surface area contributed by atoms with Crippen molar-refractivity contribution in [1.82, 2.24) is 9.80 Å². The van der Waals surface area contributed by atoms with Gasteiger partial charge in [0.05, 0.1) is 24.7 Å². The van der Waals surface area contributed by atoms with Gasteiger partial charge in [-0.25, -0.2) is 0 Å². The van der Waals surface area contributed by atoms with E-state index >= 15 is 0 Å². The van der Waals surface area contributed by atoms with Crippen molar-refractivity contribution in [2.75, 3.05) is 37.8 Å². The summed E-state index contributed by atoms with van der Waals surface area (Å²) in [7, 11) is 0. The Morgan fingerprint density at radius 3 is 2.50 bits per heavy atom. The van der Waals surface area contributed by atoms with E-state index in [0.717, 1.165) is 18.4 Å². The predicted molar refractivity (Wildman–Crippen MR) is 94.7 cm³/mol. The van der Waals surface area contributed by atoms with E-state index in [4.69, 9.17) is 4.74 Å². The van der Waals surface area contributed by atoms with Crippen LogP contribution in [0.1, 0.15) is 18.4 Å². The lowest BCUT2D eigenvalue weighted by molar-refractivity contribution is -0.132. The summed E-state index contributed by atoms with van der Waals surface area (Å²) in [5.74, 6) is 0.993. The molecule has 1 heterocycles. The van der Waals surface area contributed by atoms with Gasteiger partial charge >= 0.3 is 0 Å². The monoisotopic (exact) mass is 348 g/mol. The van der Waals surface area contributed by atoms with Crippen LogP contribution >= 0.6 is 11.8 Å². The maximum Gasteiger partial charge on any atom is 0.233 e. The van der Waals surface area contributed by atoms with Gasteiger partial charge in [-0.3, -0.25) is 9.59 Å². The lowest BCUT2D eigenvalue weighted by Gasteiger charge is -2.27. The highest BCUT2D eigenvalue weighted by molar-refractivity contribution is 8.00. The van der Waals surface area contributed by atoms with E-state index < -0.39 is 0 Å². The quantitative estimate of drug-likeness (QED) is 0.754. The van der Waals surface area contributed by atoms with Crippen LogP contribution < -0.4 is 0 Å². The second kappa shape index (κ2) is 8.53. The highest BCUT2D eigenvalue weighted by Gasteiger charge is 2.32. The zero-order chi connectivity index (χ0) is 16.8. The molecule has 5 nitrogen and oxygen atoms in total. The van der Waals surface area contributed by atoms with Crippen LogP contribution in [0.5, 0.6) is 0 Å². The fourth-order valence-electron chi connectivity index (χ4n) is 2.80. The van der Waals surface area contributed by atoms with E-state index in [1.807, 2.05) is 28.0 Å². The first-order valence-electron chi connectivity index (χ1n) is 8.50. The van der Waals surface area contributed by atoms with E-state index in [-0.39, 0.29) is 11.8 Å². The molecule has 1 aromatic carbocycles. The third-order valence-corrected chi connectivity index (χ3v) is 5.22. The highest BCUT2D eigenvalue weighted by atomic mass is 32.2. The van der Waals surface area contributed by atoms with E-state index in [2.05, 4.69) is 12.1 Å². The SMILES string of the molecule is O=C(CSCC(=O)N(Cc1ccccc1)C1CC1)N1CCOCC1. The topological polar surface area (TPSA) is 49.9 Å². The van der Waals surface area contributed by atoms with Crippen LogP contribution in [-0.4, -0.2) is 65.5 Å². The third-order valence-electron chi connectivity index (χ3n) is 4.32. The molecule has 1 saturated carbocycles. The normalized spacial score (nSPS) is 17.6. The fraction of sp³-hybridized carbons (Fsp3) is 0.556. The van der Waals surface area contributed by atoms with Gasteiger partial charge in [-0.1, -0.05) is 30.3 Å². The van der Waals surface area contributed by atoms with Crippen molar-refractivity contribution in [1.29, 1.82) is 0 Å². The van der Waals surface area contributed by atoms with Crippen molar-refractivity contribution in [3.8, 4) is 0 Å². The van der Waals surface area contributed by atoms with Gasteiger partial charge in [-0.15, -0.1) is 11.8 Å². The third kappa shape index (κ3) is 4.98. The number of nitrogens with zero attached hydrogens (tertiary/aromatic N) is 2. The molecule has 0 aromatic heterocycles.